The van der Waals surface area contributed by atoms with Crippen molar-refractivity contribution in [3.63, 3.8) is 0 Å². The number of ether oxygens (including phenoxy) is 2. The Labute approximate surface area is 264 Å². The second-order valence-corrected chi connectivity index (χ2v) is 10.4. The molecule has 0 spiro atoms. The van der Waals surface area contributed by atoms with E-state index in [1.54, 1.807) is 30.3 Å². The first-order chi connectivity index (χ1) is 22.6. The Balaban J connectivity index is 1.36. The van der Waals surface area contributed by atoms with Crippen LogP contribution in [0.15, 0.2) is 89.8 Å². The Bertz CT molecular complexity index is 1920. The third kappa shape index (κ3) is 6.52. The molecule has 3 heterocycles. The molecule has 0 amide bonds. The van der Waals surface area contributed by atoms with Crippen LogP contribution in [0, 0.1) is 11.6 Å². The molecule has 0 radical (unpaired) electrons. The lowest BCUT2D eigenvalue weighted by molar-refractivity contribution is -0.148. The zero-order valence-corrected chi connectivity index (χ0v) is 24.7. The summed E-state index contributed by atoms with van der Waals surface area (Å²) >= 11 is 0. The highest BCUT2D eigenvalue weighted by Crippen LogP contribution is 2.40. The first kappa shape index (κ1) is 31.3. The number of imidazole rings is 1. The number of hydrogen-bond acceptors (Lipinski definition) is 8. The van der Waals surface area contributed by atoms with Gasteiger partial charge in [-0.3, -0.25) is 10.4 Å². The van der Waals surface area contributed by atoms with E-state index < -0.39 is 35.4 Å². The minimum atomic E-state index is -4.75. The minimum absolute atomic E-state index is 0.0468. The molecule has 47 heavy (non-hydrogen) atoms. The highest BCUT2D eigenvalue weighted by molar-refractivity contribution is 5.80. The van der Waals surface area contributed by atoms with E-state index in [1.165, 1.54) is 58.5 Å². The molecule has 9 nitrogen and oxygen atoms in total. The molecule has 2 aromatic heterocycles. The smallest absolute Gasteiger partial charge is 0.417 e. The second kappa shape index (κ2) is 13.0. The number of rotatable bonds is 10. The highest BCUT2D eigenvalue weighted by Gasteiger charge is 2.37. The van der Waals surface area contributed by atoms with Gasteiger partial charge in [0.05, 0.1) is 24.2 Å². The van der Waals surface area contributed by atoms with Crippen molar-refractivity contribution in [2.75, 3.05) is 17.0 Å². The topological polar surface area (TPSA) is 94.7 Å². The van der Waals surface area contributed by atoms with Crippen LogP contribution in [0.1, 0.15) is 42.0 Å². The van der Waals surface area contributed by atoms with Gasteiger partial charge in [-0.25, -0.2) is 18.6 Å². The number of aromatic nitrogens is 3. The van der Waals surface area contributed by atoms with E-state index in [9.17, 15) is 26.7 Å². The van der Waals surface area contributed by atoms with E-state index in [4.69, 9.17) is 14.0 Å². The molecular weight excluding hydrogens is 625 g/mol. The summed E-state index contributed by atoms with van der Waals surface area (Å²) in [4.78, 5) is 18.0. The summed E-state index contributed by atoms with van der Waals surface area (Å²) in [6.07, 6.45) is 0.0367. The first-order valence-electron chi connectivity index (χ1n) is 14.4. The normalized spacial score (nSPS) is 13.2. The fourth-order valence-electron chi connectivity index (χ4n) is 4.95. The van der Waals surface area contributed by atoms with Crippen LogP contribution in [-0.4, -0.2) is 27.3 Å². The maximum atomic E-state index is 14.5. The van der Waals surface area contributed by atoms with Crippen LogP contribution in [0.4, 0.5) is 33.5 Å². The van der Waals surface area contributed by atoms with Gasteiger partial charge < -0.3 is 18.6 Å². The van der Waals surface area contributed by atoms with Gasteiger partial charge in [-0.15, -0.1) is 0 Å². The summed E-state index contributed by atoms with van der Waals surface area (Å²) in [6.45, 7) is 1.97. The van der Waals surface area contributed by atoms with Crippen molar-refractivity contribution in [1.82, 2.24) is 14.7 Å². The molecule has 0 saturated heterocycles. The second-order valence-electron chi connectivity index (χ2n) is 10.4. The van der Waals surface area contributed by atoms with Gasteiger partial charge in [0, 0.05) is 17.8 Å². The average Bonchev–Trinajstić information content (AvgIpc) is 3.72. The van der Waals surface area contributed by atoms with Gasteiger partial charge in [-0.1, -0.05) is 48.5 Å². The zero-order chi connectivity index (χ0) is 33.1. The van der Waals surface area contributed by atoms with Gasteiger partial charge in [0.25, 0.3) is 0 Å². The molecule has 5 aromatic rings. The molecule has 1 aliphatic rings. The van der Waals surface area contributed by atoms with Gasteiger partial charge in [0.1, 0.15) is 23.7 Å². The Hall–Kier alpha value is -5.66. The van der Waals surface area contributed by atoms with Crippen molar-refractivity contribution in [3.8, 4) is 17.0 Å². The lowest BCUT2D eigenvalue weighted by Crippen LogP contribution is -2.29. The molecule has 14 heteroatoms. The van der Waals surface area contributed by atoms with E-state index in [1.807, 2.05) is 6.92 Å². The molecule has 0 fully saturated rings. The molecule has 1 aliphatic heterocycles. The molecule has 1 unspecified atom stereocenters. The van der Waals surface area contributed by atoms with Crippen LogP contribution in [0.25, 0.3) is 17.3 Å². The Morgan fingerprint density at radius 2 is 1.85 bits per heavy atom. The van der Waals surface area contributed by atoms with Gasteiger partial charge >= 0.3 is 12.1 Å². The predicted octanol–water partition coefficient (Wildman–Crippen LogP) is 7.77. The number of anilines is 2. The van der Waals surface area contributed by atoms with Gasteiger partial charge in [0.15, 0.2) is 29.3 Å². The molecule has 0 aliphatic carbocycles. The summed E-state index contributed by atoms with van der Waals surface area (Å²) in [5, 5.41) is 5.10. The average molecular weight is 652 g/mol. The third-order valence-corrected chi connectivity index (χ3v) is 7.20. The number of nitrogens with one attached hydrogen (secondary N) is 1. The number of alkyl halides is 3. The van der Waals surface area contributed by atoms with Crippen molar-refractivity contribution >= 4 is 23.6 Å². The van der Waals surface area contributed by atoms with Crippen LogP contribution >= 0.6 is 0 Å². The third-order valence-electron chi connectivity index (χ3n) is 7.20. The predicted molar refractivity (Wildman–Crippen MR) is 161 cm³/mol. The van der Waals surface area contributed by atoms with Crippen molar-refractivity contribution in [3.05, 3.63) is 120 Å². The van der Waals surface area contributed by atoms with Crippen LogP contribution in [-0.2, 0) is 22.3 Å². The zero-order valence-electron chi connectivity index (χ0n) is 24.7. The number of benzene rings is 3. The highest BCUT2D eigenvalue weighted by atomic mass is 19.4. The van der Waals surface area contributed by atoms with Gasteiger partial charge in [-0.2, -0.15) is 13.2 Å². The quantitative estimate of drug-likeness (QED) is 0.121. The fraction of sp³-hybridized carbons (Fsp3) is 0.182. The molecule has 1 N–H and O–H groups in total. The number of hydrazine groups is 1. The van der Waals surface area contributed by atoms with E-state index in [-0.39, 0.29) is 47.5 Å². The van der Waals surface area contributed by atoms with Gasteiger partial charge in [0.2, 0.25) is 0 Å². The van der Waals surface area contributed by atoms with E-state index in [0.717, 1.165) is 12.1 Å². The van der Waals surface area contributed by atoms with E-state index in [0.29, 0.717) is 17.7 Å². The number of fused-ring (bicyclic) bond motifs is 1. The molecule has 3 aromatic carbocycles. The van der Waals surface area contributed by atoms with E-state index >= 15 is 0 Å². The van der Waals surface area contributed by atoms with Crippen LogP contribution in [0.3, 0.4) is 0 Å². The number of halogens is 5. The Morgan fingerprint density at radius 3 is 2.62 bits per heavy atom. The Kier molecular flexibility index (Phi) is 8.66. The summed E-state index contributed by atoms with van der Waals surface area (Å²) in [5.41, 5.74) is 2.29. The number of carbonyl (C=O) groups is 1. The monoisotopic (exact) mass is 651 g/mol. The molecular formula is C33H26F5N5O4. The standard InChI is InChI=1S/C33H26F5N5O4/c1-2-15-45-21-11-12-22(23(16-21)33(36,37)38)25-17-28(47-41-25)30(32(44)46-18-20-7-4-3-5-8-20)42-19-39-31-27(42)13-14-43(40-31)26-10-6-9-24(34)29(26)35/h3-14,16-17,19,30,40H,2,15,18H2,1H3. The van der Waals surface area contributed by atoms with Crippen molar-refractivity contribution < 1.29 is 40.7 Å². The fourth-order valence-corrected chi connectivity index (χ4v) is 4.95. The number of hydrogen-bond donors (Lipinski definition) is 1. The molecule has 0 saturated carbocycles. The number of esters is 1. The maximum absolute atomic E-state index is 14.5. The van der Waals surface area contributed by atoms with Crippen LogP contribution in [0.2, 0.25) is 0 Å². The van der Waals surface area contributed by atoms with Crippen LogP contribution in [0.5, 0.6) is 5.75 Å². The summed E-state index contributed by atoms with van der Waals surface area (Å²) in [6, 6.07) is 15.9. The molecule has 6 rings (SSSR count). The van der Waals surface area contributed by atoms with Crippen molar-refractivity contribution in [2.24, 2.45) is 0 Å². The summed E-state index contributed by atoms with van der Waals surface area (Å²) < 4.78 is 88.7. The lowest BCUT2D eigenvalue weighted by atomic mass is 10.0. The lowest BCUT2D eigenvalue weighted by Gasteiger charge is -2.26. The molecule has 1 atom stereocenters. The van der Waals surface area contributed by atoms with Gasteiger partial charge in [-0.05, 0) is 48.4 Å². The summed E-state index contributed by atoms with van der Waals surface area (Å²) in [7, 11) is 0. The van der Waals surface area contributed by atoms with Crippen LogP contribution < -0.4 is 15.2 Å². The number of carbonyl (C=O) groups excluding carboxylic acids is 1. The molecule has 0 bridgehead atoms. The minimum Gasteiger partial charge on any atom is -0.494 e. The van der Waals surface area contributed by atoms with Crippen molar-refractivity contribution in [2.45, 2.75) is 32.2 Å². The Morgan fingerprint density at radius 1 is 1.04 bits per heavy atom. The number of nitrogens with zero attached hydrogens (tertiary/aromatic N) is 4. The maximum Gasteiger partial charge on any atom is 0.417 e. The summed E-state index contributed by atoms with van der Waals surface area (Å²) in [5.74, 6) is -2.88. The SMILES string of the molecule is CCCOc1ccc(-c2cc(C(C(=O)OCc3ccccc3)n3cnc4c3C=CN(c3cccc(F)c3F)N4)on2)c(C(F)(F)F)c1. The van der Waals surface area contributed by atoms with Crippen molar-refractivity contribution in [1.29, 1.82) is 0 Å². The van der Waals surface area contributed by atoms with E-state index in [2.05, 4.69) is 15.6 Å². The molecule has 242 valence electrons. The first-order valence-corrected chi connectivity index (χ1v) is 14.4. The largest absolute Gasteiger partial charge is 0.494 e.